The maximum atomic E-state index is 6.20. The Morgan fingerprint density at radius 2 is 1.73 bits per heavy atom. The fourth-order valence-electron chi connectivity index (χ4n) is 2.97. The summed E-state index contributed by atoms with van der Waals surface area (Å²) in [5.41, 5.74) is 6.20. The summed E-state index contributed by atoms with van der Waals surface area (Å²) in [7, 11) is 0. The predicted molar refractivity (Wildman–Crippen MR) is 67.9 cm³/mol. The van der Waals surface area contributed by atoms with E-state index >= 15 is 0 Å². The molecule has 0 spiro atoms. The zero-order valence-corrected chi connectivity index (χ0v) is 10.7. The lowest BCUT2D eigenvalue weighted by Crippen LogP contribution is -2.32. The molecule has 1 aliphatic carbocycles. The molecule has 1 saturated carbocycles. The minimum Gasteiger partial charge on any atom is -0.327 e. The van der Waals surface area contributed by atoms with E-state index in [9.17, 15) is 0 Å². The van der Waals surface area contributed by atoms with Crippen molar-refractivity contribution in [2.75, 3.05) is 0 Å². The molecule has 0 saturated heterocycles. The van der Waals surface area contributed by atoms with Crippen LogP contribution in [-0.4, -0.2) is 6.04 Å². The molecule has 0 radical (unpaired) electrons. The summed E-state index contributed by atoms with van der Waals surface area (Å²) in [5.74, 6) is 1.86. The van der Waals surface area contributed by atoms with E-state index in [1.165, 1.54) is 57.8 Å². The molecular formula is C14H29N. The number of hydrogen-bond donors (Lipinski definition) is 1. The standard InChI is InChI=1S/C14H29N/c1-3-5-7-12-8-10-13(11-9-12)14(15)6-4-2/h12-14H,3-11,15H2,1-2H3. The van der Waals surface area contributed by atoms with Gasteiger partial charge < -0.3 is 5.73 Å². The van der Waals surface area contributed by atoms with Gasteiger partial charge in [-0.2, -0.15) is 0 Å². The van der Waals surface area contributed by atoms with Crippen LogP contribution in [0.1, 0.15) is 71.6 Å². The summed E-state index contributed by atoms with van der Waals surface area (Å²) in [6, 6.07) is 0.488. The van der Waals surface area contributed by atoms with Gasteiger partial charge in [0.2, 0.25) is 0 Å². The minimum atomic E-state index is 0.488. The minimum absolute atomic E-state index is 0.488. The van der Waals surface area contributed by atoms with Crippen molar-refractivity contribution < 1.29 is 0 Å². The lowest BCUT2D eigenvalue weighted by atomic mass is 9.76. The molecule has 0 aromatic rings. The molecule has 15 heavy (non-hydrogen) atoms. The first-order valence-corrected chi connectivity index (χ1v) is 7.03. The summed E-state index contributed by atoms with van der Waals surface area (Å²) in [6.45, 7) is 4.54. The Labute approximate surface area is 95.8 Å². The lowest BCUT2D eigenvalue weighted by Gasteiger charge is -2.32. The highest BCUT2D eigenvalue weighted by Crippen LogP contribution is 2.33. The summed E-state index contributed by atoms with van der Waals surface area (Å²) in [4.78, 5) is 0. The molecule has 1 nitrogen and oxygen atoms in total. The van der Waals surface area contributed by atoms with Crippen molar-refractivity contribution in [3.05, 3.63) is 0 Å². The molecule has 1 atom stereocenters. The Balaban J connectivity index is 2.17. The monoisotopic (exact) mass is 211 g/mol. The van der Waals surface area contributed by atoms with Crippen molar-refractivity contribution in [1.29, 1.82) is 0 Å². The Kier molecular flexibility index (Phi) is 6.31. The van der Waals surface area contributed by atoms with E-state index in [0.717, 1.165) is 11.8 Å². The summed E-state index contributed by atoms with van der Waals surface area (Å²) >= 11 is 0. The van der Waals surface area contributed by atoms with Crippen LogP contribution >= 0.6 is 0 Å². The van der Waals surface area contributed by atoms with Crippen molar-refractivity contribution in [3.63, 3.8) is 0 Å². The molecule has 0 heterocycles. The first-order chi connectivity index (χ1) is 7.27. The second-order valence-corrected chi connectivity index (χ2v) is 5.38. The Bertz CT molecular complexity index is 147. The molecule has 0 bridgehead atoms. The maximum absolute atomic E-state index is 6.20. The van der Waals surface area contributed by atoms with E-state index in [-0.39, 0.29) is 0 Å². The van der Waals surface area contributed by atoms with Crippen LogP contribution in [0.15, 0.2) is 0 Å². The van der Waals surface area contributed by atoms with E-state index < -0.39 is 0 Å². The van der Waals surface area contributed by atoms with Gasteiger partial charge in [-0.25, -0.2) is 0 Å². The van der Waals surface area contributed by atoms with Gasteiger partial charge >= 0.3 is 0 Å². The van der Waals surface area contributed by atoms with Gasteiger partial charge in [0, 0.05) is 6.04 Å². The summed E-state index contributed by atoms with van der Waals surface area (Å²) in [5, 5.41) is 0. The number of nitrogens with two attached hydrogens (primary N) is 1. The molecule has 0 amide bonds. The number of unbranched alkanes of at least 4 members (excludes halogenated alkanes) is 1. The van der Waals surface area contributed by atoms with Gasteiger partial charge in [-0.1, -0.05) is 52.4 Å². The highest BCUT2D eigenvalue weighted by molar-refractivity contribution is 4.79. The highest BCUT2D eigenvalue weighted by Gasteiger charge is 2.24. The quantitative estimate of drug-likeness (QED) is 0.703. The normalized spacial score (nSPS) is 29.0. The topological polar surface area (TPSA) is 26.0 Å². The van der Waals surface area contributed by atoms with Crippen LogP contribution in [0.5, 0.6) is 0 Å². The number of rotatable bonds is 6. The summed E-state index contributed by atoms with van der Waals surface area (Å²) < 4.78 is 0. The third-order valence-electron chi connectivity index (χ3n) is 4.08. The van der Waals surface area contributed by atoms with Gasteiger partial charge in [-0.15, -0.1) is 0 Å². The second kappa shape index (κ2) is 7.27. The summed E-state index contributed by atoms with van der Waals surface area (Å²) in [6.07, 6.45) is 12.4. The molecule has 0 aliphatic heterocycles. The van der Waals surface area contributed by atoms with Crippen molar-refractivity contribution in [2.45, 2.75) is 77.7 Å². The third-order valence-corrected chi connectivity index (χ3v) is 4.08. The van der Waals surface area contributed by atoms with E-state index in [1.54, 1.807) is 0 Å². The molecule has 2 N–H and O–H groups in total. The second-order valence-electron chi connectivity index (χ2n) is 5.38. The van der Waals surface area contributed by atoms with Crippen molar-refractivity contribution in [1.82, 2.24) is 0 Å². The fourth-order valence-corrected chi connectivity index (χ4v) is 2.97. The fraction of sp³-hybridized carbons (Fsp3) is 1.00. The van der Waals surface area contributed by atoms with Gasteiger partial charge in [0.05, 0.1) is 0 Å². The van der Waals surface area contributed by atoms with Gasteiger partial charge in [-0.3, -0.25) is 0 Å². The number of hydrogen-bond acceptors (Lipinski definition) is 1. The van der Waals surface area contributed by atoms with E-state index in [1.807, 2.05) is 0 Å². The molecular weight excluding hydrogens is 182 g/mol. The Morgan fingerprint density at radius 3 is 2.27 bits per heavy atom. The van der Waals surface area contributed by atoms with Crippen LogP contribution in [0.4, 0.5) is 0 Å². The average molecular weight is 211 g/mol. The Hall–Kier alpha value is -0.0400. The van der Waals surface area contributed by atoms with Crippen LogP contribution in [0, 0.1) is 11.8 Å². The first kappa shape index (κ1) is 13.0. The smallest absolute Gasteiger partial charge is 0.00670 e. The molecule has 0 aromatic heterocycles. The largest absolute Gasteiger partial charge is 0.327 e. The Morgan fingerprint density at radius 1 is 1.07 bits per heavy atom. The molecule has 1 aliphatic rings. The van der Waals surface area contributed by atoms with E-state index in [0.29, 0.717) is 6.04 Å². The molecule has 1 unspecified atom stereocenters. The van der Waals surface area contributed by atoms with Gasteiger partial charge in [0.1, 0.15) is 0 Å². The van der Waals surface area contributed by atoms with Crippen LogP contribution < -0.4 is 5.73 Å². The van der Waals surface area contributed by atoms with Crippen molar-refractivity contribution in [2.24, 2.45) is 17.6 Å². The van der Waals surface area contributed by atoms with Gasteiger partial charge in [0.25, 0.3) is 0 Å². The van der Waals surface area contributed by atoms with Gasteiger partial charge in [0.15, 0.2) is 0 Å². The lowest BCUT2D eigenvalue weighted by molar-refractivity contribution is 0.226. The van der Waals surface area contributed by atoms with E-state index in [4.69, 9.17) is 5.73 Å². The zero-order valence-electron chi connectivity index (χ0n) is 10.7. The molecule has 0 aromatic carbocycles. The molecule has 1 rings (SSSR count). The first-order valence-electron chi connectivity index (χ1n) is 7.03. The molecule has 1 fully saturated rings. The zero-order chi connectivity index (χ0) is 11.1. The third kappa shape index (κ3) is 4.55. The SMILES string of the molecule is CCCCC1CCC(C(N)CCC)CC1. The highest BCUT2D eigenvalue weighted by atomic mass is 14.6. The van der Waals surface area contributed by atoms with Gasteiger partial charge in [-0.05, 0) is 31.1 Å². The van der Waals surface area contributed by atoms with Crippen LogP contribution in [0.2, 0.25) is 0 Å². The van der Waals surface area contributed by atoms with Crippen LogP contribution in [0.25, 0.3) is 0 Å². The molecule has 1 heteroatoms. The van der Waals surface area contributed by atoms with E-state index in [2.05, 4.69) is 13.8 Å². The van der Waals surface area contributed by atoms with Crippen molar-refractivity contribution in [3.8, 4) is 0 Å². The molecule has 90 valence electrons. The average Bonchev–Trinajstić information content (AvgIpc) is 2.27. The van der Waals surface area contributed by atoms with Crippen LogP contribution in [-0.2, 0) is 0 Å². The van der Waals surface area contributed by atoms with Crippen molar-refractivity contribution >= 4 is 0 Å². The van der Waals surface area contributed by atoms with Crippen LogP contribution in [0.3, 0.4) is 0 Å². The predicted octanol–water partition coefficient (Wildman–Crippen LogP) is 4.11. The maximum Gasteiger partial charge on any atom is 0.00670 e.